The van der Waals surface area contributed by atoms with Gasteiger partial charge in [-0.15, -0.1) is 13.2 Å². The van der Waals surface area contributed by atoms with Crippen molar-refractivity contribution in [2.75, 3.05) is 26.2 Å². The van der Waals surface area contributed by atoms with E-state index in [1.807, 2.05) is 0 Å². The summed E-state index contributed by atoms with van der Waals surface area (Å²) in [4.78, 5) is 20.0. The van der Waals surface area contributed by atoms with Crippen LogP contribution in [0.15, 0.2) is 54.6 Å². The van der Waals surface area contributed by atoms with Crippen molar-refractivity contribution in [1.29, 1.82) is 0 Å². The number of ether oxygens (including phenoxy) is 1. The molecule has 2 aromatic heterocycles. The molecule has 0 bridgehead atoms. The Morgan fingerprint density at radius 1 is 1.03 bits per heavy atom. The van der Waals surface area contributed by atoms with Crippen molar-refractivity contribution in [2.24, 2.45) is 0 Å². The van der Waals surface area contributed by atoms with Crippen molar-refractivity contribution in [3.63, 3.8) is 0 Å². The van der Waals surface area contributed by atoms with Crippen molar-refractivity contribution in [2.45, 2.75) is 6.36 Å². The molecule has 0 aliphatic carbocycles. The van der Waals surface area contributed by atoms with Crippen LogP contribution in [0.4, 0.5) is 13.2 Å². The quantitative estimate of drug-likeness (QED) is 0.368. The number of aromatic nitrogens is 3. The third-order valence-corrected chi connectivity index (χ3v) is 5.91. The Morgan fingerprint density at radius 3 is 2.41 bits per heavy atom. The maximum atomic E-state index is 13.6. The van der Waals surface area contributed by atoms with Crippen LogP contribution in [0.2, 0.25) is 0 Å². The third kappa shape index (κ3) is 5.56. The minimum Gasteiger partial charge on any atom is -0.508 e. The van der Waals surface area contributed by atoms with Gasteiger partial charge in [0, 0.05) is 31.7 Å². The number of benzene rings is 2. The van der Waals surface area contributed by atoms with Gasteiger partial charge in [0.15, 0.2) is 5.65 Å². The highest BCUT2D eigenvalue weighted by Crippen LogP contribution is 2.29. The molecule has 0 radical (unpaired) electrons. The lowest BCUT2D eigenvalue weighted by atomic mass is 10.0. The average molecular weight is 509 g/mol. The van der Waals surface area contributed by atoms with Crippen LogP contribution < -0.4 is 10.1 Å². The molecular formula is C26H22F3N5O3. The van der Waals surface area contributed by atoms with Crippen molar-refractivity contribution >= 4 is 29.1 Å². The highest BCUT2D eigenvalue weighted by Gasteiger charge is 2.31. The molecule has 190 valence electrons. The molecule has 11 heteroatoms. The van der Waals surface area contributed by atoms with E-state index >= 15 is 0 Å². The predicted octanol–water partition coefficient (Wildman–Crippen LogP) is 4.44. The zero-order valence-electron chi connectivity index (χ0n) is 19.4. The van der Waals surface area contributed by atoms with Crippen LogP contribution in [0.25, 0.3) is 34.4 Å². The number of nitrogens with one attached hydrogen (secondary N) is 2. The molecule has 3 heterocycles. The molecule has 0 spiro atoms. The number of H-pyrrole nitrogens is 1. The smallest absolute Gasteiger partial charge is 0.508 e. The number of pyridine rings is 1. The van der Waals surface area contributed by atoms with Crippen molar-refractivity contribution in [3.05, 3.63) is 71.4 Å². The molecule has 1 aliphatic rings. The second-order valence-corrected chi connectivity index (χ2v) is 8.43. The number of halogens is 3. The number of rotatable bonds is 5. The number of piperazine rings is 1. The third-order valence-electron chi connectivity index (χ3n) is 5.91. The summed E-state index contributed by atoms with van der Waals surface area (Å²) in [6.45, 7) is 2.51. The Bertz CT molecular complexity index is 1440. The lowest BCUT2D eigenvalue weighted by molar-refractivity contribution is -0.274. The molecule has 1 amide bonds. The van der Waals surface area contributed by atoms with Gasteiger partial charge in [-0.3, -0.25) is 9.89 Å². The van der Waals surface area contributed by atoms with Gasteiger partial charge in [-0.25, -0.2) is 4.98 Å². The largest absolute Gasteiger partial charge is 0.573 e. The molecule has 4 aromatic rings. The lowest BCUT2D eigenvalue weighted by Gasteiger charge is -2.27. The Hall–Kier alpha value is -4.38. The van der Waals surface area contributed by atoms with Crippen LogP contribution in [0.3, 0.4) is 0 Å². The van der Waals surface area contributed by atoms with Gasteiger partial charge in [-0.2, -0.15) is 5.10 Å². The maximum Gasteiger partial charge on any atom is 0.573 e. The molecule has 1 saturated heterocycles. The molecule has 1 fully saturated rings. The van der Waals surface area contributed by atoms with Gasteiger partial charge in [0.2, 0.25) is 0 Å². The summed E-state index contributed by atoms with van der Waals surface area (Å²) in [6, 6.07) is 13.7. The minimum absolute atomic E-state index is 0.118. The molecule has 5 rings (SSSR count). The topological polar surface area (TPSA) is 103 Å². The molecule has 2 aromatic carbocycles. The first kappa shape index (κ1) is 24.3. The standard InChI is InChI=1S/C26H22F3N5O3/c27-26(28,29)37-19-8-1-16(2-9-19)3-10-21-23-20(25(36)34-13-11-30-12-14-34)15-22(31-24(23)33-32-21)17-4-6-18(35)7-5-17/h1-10,15,30,35H,11-14H2,(H,31,32,33). The number of carbonyl (C=O) groups excluding carboxylic acids is 1. The van der Waals surface area contributed by atoms with Crippen LogP contribution in [-0.4, -0.2) is 63.6 Å². The van der Waals surface area contributed by atoms with E-state index in [0.717, 1.165) is 5.56 Å². The summed E-state index contributed by atoms with van der Waals surface area (Å²) >= 11 is 0. The van der Waals surface area contributed by atoms with E-state index in [0.29, 0.717) is 59.7 Å². The summed E-state index contributed by atoms with van der Waals surface area (Å²) in [5, 5.41) is 20.6. The number of nitrogens with zero attached hydrogens (tertiary/aromatic N) is 3. The summed E-state index contributed by atoms with van der Waals surface area (Å²) in [5.74, 6) is -0.350. The molecular weight excluding hydrogens is 487 g/mol. The van der Waals surface area contributed by atoms with Gasteiger partial charge in [0.05, 0.1) is 22.3 Å². The van der Waals surface area contributed by atoms with Crippen LogP contribution in [0.5, 0.6) is 11.5 Å². The zero-order chi connectivity index (χ0) is 26.0. The number of alkyl halides is 3. The van der Waals surface area contributed by atoms with Crippen molar-refractivity contribution in [1.82, 2.24) is 25.4 Å². The van der Waals surface area contributed by atoms with E-state index in [2.05, 4.69) is 25.2 Å². The SMILES string of the molecule is O=C(c1cc(-c2ccc(O)cc2)nc2n[nH]c(C=Cc3ccc(OC(F)(F)F)cc3)c12)N1CCNCC1. The van der Waals surface area contributed by atoms with Crippen LogP contribution in [0, 0.1) is 0 Å². The van der Waals surface area contributed by atoms with Crippen molar-refractivity contribution < 1.29 is 27.8 Å². The monoisotopic (exact) mass is 509 g/mol. The first-order valence-corrected chi connectivity index (χ1v) is 11.5. The molecule has 0 unspecified atom stereocenters. The molecule has 37 heavy (non-hydrogen) atoms. The number of hydrogen-bond acceptors (Lipinski definition) is 6. The van der Waals surface area contributed by atoms with Crippen LogP contribution in [0.1, 0.15) is 21.6 Å². The summed E-state index contributed by atoms with van der Waals surface area (Å²) in [5.41, 5.74) is 3.19. The van der Waals surface area contributed by atoms with Gasteiger partial charge in [-0.05, 0) is 54.1 Å². The second-order valence-electron chi connectivity index (χ2n) is 8.43. The highest BCUT2D eigenvalue weighted by molar-refractivity contribution is 6.09. The maximum absolute atomic E-state index is 13.6. The van der Waals surface area contributed by atoms with Crippen LogP contribution in [-0.2, 0) is 0 Å². The fourth-order valence-electron chi connectivity index (χ4n) is 4.11. The fourth-order valence-corrected chi connectivity index (χ4v) is 4.11. The van der Waals surface area contributed by atoms with Crippen molar-refractivity contribution in [3.8, 4) is 22.8 Å². The Morgan fingerprint density at radius 2 is 1.73 bits per heavy atom. The number of fused-ring (bicyclic) bond motifs is 1. The lowest BCUT2D eigenvalue weighted by Crippen LogP contribution is -2.46. The molecule has 0 atom stereocenters. The van der Waals surface area contributed by atoms with Gasteiger partial charge >= 0.3 is 6.36 Å². The first-order valence-electron chi connectivity index (χ1n) is 11.5. The van der Waals surface area contributed by atoms with E-state index in [-0.39, 0.29) is 17.4 Å². The zero-order valence-corrected chi connectivity index (χ0v) is 19.4. The number of aromatic hydroxyl groups is 1. The molecule has 0 saturated carbocycles. The number of aromatic amines is 1. The second kappa shape index (κ2) is 9.94. The van der Waals surface area contributed by atoms with Gasteiger partial charge in [-0.1, -0.05) is 18.2 Å². The highest BCUT2D eigenvalue weighted by atomic mass is 19.4. The number of amides is 1. The van der Waals surface area contributed by atoms with E-state index in [4.69, 9.17) is 0 Å². The number of carbonyl (C=O) groups is 1. The van der Waals surface area contributed by atoms with E-state index in [9.17, 15) is 23.1 Å². The Balaban J connectivity index is 1.52. The van der Waals surface area contributed by atoms with E-state index < -0.39 is 6.36 Å². The number of hydrogen-bond donors (Lipinski definition) is 3. The predicted molar refractivity (Wildman–Crippen MR) is 132 cm³/mol. The van der Waals surface area contributed by atoms with Gasteiger partial charge in [0.25, 0.3) is 5.91 Å². The Kier molecular flexibility index (Phi) is 6.53. The number of phenols is 1. The van der Waals surface area contributed by atoms with Crippen LogP contribution >= 0.6 is 0 Å². The summed E-state index contributed by atoms with van der Waals surface area (Å²) in [7, 11) is 0. The minimum atomic E-state index is -4.76. The molecule has 8 nitrogen and oxygen atoms in total. The van der Waals surface area contributed by atoms with Gasteiger partial charge < -0.3 is 20.1 Å². The molecule has 1 aliphatic heterocycles. The average Bonchev–Trinajstić information content (AvgIpc) is 3.30. The fraction of sp³-hybridized carbons (Fsp3) is 0.192. The normalized spacial score (nSPS) is 14.4. The van der Waals surface area contributed by atoms with E-state index in [1.165, 1.54) is 24.3 Å². The number of phenolic OH excluding ortho intramolecular Hbond substituents is 1. The molecule has 3 N–H and O–H groups in total. The first-order chi connectivity index (χ1) is 17.8. The van der Waals surface area contributed by atoms with Gasteiger partial charge in [0.1, 0.15) is 11.5 Å². The van der Waals surface area contributed by atoms with E-state index in [1.54, 1.807) is 47.4 Å². The Labute approximate surface area is 209 Å². The summed E-state index contributed by atoms with van der Waals surface area (Å²) < 4.78 is 41.2. The summed E-state index contributed by atoms with van der Waals surface area (Å²) in [6.07, 6.45) is -1.37.